The predicted octanol–water partition coefficient (Wildman–Crippen LogP) is 5.59. The molecule has 2 aliphatic rings. The molecule has 1 fully saturated rings. The van der Waals surface area contributed by atoms with Crippen molar-refractivity contribution >= 4 is 35.1 Å². The normalized spacial score (nSPS) is 19.3. The van der Waals surface area contributed by atoms with Gasteiger partial charge in [0.25, 0.3) is 5.91 Å². The number of urea groups is 1. The summed E-state index contributed by atoms with van der Waals surface area (Å²) in [6.45, 7) is 7.06. The third-order valence-corrected chi connectivity index (χ3v) is 7.74. The number of hydrogen-bond donors (Lipinski definition) is 1. The summed E-state index contributed by atoms with van der Waals surface area (Å²) in [4.78, 5) is 30.0. The highest BCUT2D eigenvalue weighted by Crippen LogP contribution is 2.54. The number of anilines is 2. The first-order chi connectivity index (χ1) is 15.9. The molecule has 0 saturated carbocycles. The first kappa shape index (κ1) is 21.6. The summed E-state index contributed by atoms with van der Waals surface area (Å²) in [5.41, 5.74) is 6.92. The molecule has 168 valence electrons. The quantitative estimate of drug-likeness (QED) is 0.558. The van der Waals surface area contributed by atoms with Gasteiger partial charge in [0.1, 0.15) is 0 Å². The number of fused-ring (bicyclic) bond motifs is 2. The van der Waals surface area contributed by atoms with E-state index in [2.05, 4.69) is 42.6 Å². The number of amides is 3. The van der Waals surface area contributed by atoms with Crippen LogP contribution in [0.15, 0.2) is 66.7 Å². The zero-order valence-corrected chi connectivity index (χ0v) is 19.9. The van der Waals surface area contributed by atoms with E-state index in [-0.39, 0.29) is 11.9 Å². The Balaban J connectivity index is 1.53. The van der Waals surface area contributed by atoms with Crippen molar-refractivity contribution in [3.05, 3.63) is 94.5 Å². The minimum Gasteiger partial charge on any atom is -0.308 e. The van der Waals surface area contributed by atoms with Crippen LogP contribution < -0.4 is 10.2 Å². The molecule has 1 atom stereocenters. The van der Waals surface area contributed by atoms with E-state index in [1.807, 2.05) is 55.1 Å². The molecule has 1 saturated heterocycles. The Kier molecular flexibility index (Phi) is 5.41. The lowest BCUT2D eigenvalue weighted by Crippen LogP contribution is -2.51. The van der Waals surface area contributed by atoms with Crippen molar-refractivity contribution in [3.63, 3.8) is 0 Å². The summed E-state index contributed by atoms with van der Waals surface area (Å²) in [7, 11) is 0. The highest BCUT2D eigenvalue weighted by Gasteiger charge is 2.59. The van der Waals surface area contributed by atoms with E-state index in [9.17, 15) is 9.59 Å². The van der Waals surface area contributed by atoms with E-state index in [0.717, 1.165) is 33.6 Å². The van der Waals surface area contributed by atoms with Crippen LogP contribution in [0.5, 0.6) is 0 Å². The molecule has 5 rings (SSSR count). The summed E-state index contributed by atoms with van der Waals surface area (Å²) in [6, 6.07) is 21.8. The van der Waals surface area contributed by atoms with Crippen molar-refractivity contribution in [2.45, 2.75) is 32.2 Å². The minimum absolute atomic E-state index is 0.0504. The van der Waals surface area contributed by atoms with E-state index in [1.54, 1.807) is 16.7 Å². The number of nitrogens with one attached hydrogen (secondary N) is 1. The standard InChI is InChI=1S/C27H27N3O2S/c1-18-7-10-21(11-8-18)17-29-24-12-9-20(3)16-23(24)27(25(29)31)30(13-14-33-27)26(32)28-22-6-4-5-19(2)15-22/h4-12,15-16H,13-14,17H2,1-3H3,(H,28,32)/t27-/m0/s1. The van der Waals surface area contributed by atoms with Crippen molar-refractivity contribution in [1.82, 2.24) is 4.90 Å². The monoisotopic (exact) mass is 457 g/mol. The number of benzene rings is 3. The molecule has 1 N–H and O–H groups in total. The SMILES string of the molecule is Cc1ccc(CN2C(=O)[C@@]3(SCCN3C(=O)Nc3cccc(C)c3)c3cc(C)ccc32)cc1. The van der Waals surface area contributed by atoms with E-state index >= 15 is 0 Å². The van der Waals surface area contributed by atoms with Crippen LogP contribution in [0.4, 0.5) is 16.2 Å². The highest BCUT2D eigenvalue weighted by molar-refractivity contribution is 8.01. The van der Waals surface area contributed by atoms with Crippen molar-refractivity contribution in [2.75, 3.05) is 22.5 Å². The Morgan fingerprint density at radius 1 is 0.970 bits per heavy atom. The zero-order valence-electron chi connectivity index (χ0n) is 19.1. The van der Waals surface area contributed by atoms with Crippen molar-refractivity contribution < 1.29 is 9.59 Å². The Morgan fingerprint density at radius 3 is 2.45 bits per heavy atom. The molecular weight excluding hydrogens is 430 g/mol. The summed E-state index contributed by atoms with van der Waals surface area (Å²) >= 11 is 1.55. The lowest BCUT2D eigenvalue weighted by molar-refractivity contribution is -0.123. The average Bonchev–Trinajstić information content (AvgIpc) is 3.32. The van der Waals surface area contributed by atoms with E-state index in [4.69, 9.17) is 0 Å². The molecule has 0 bridgehead atoms. The second-order valence-electron chi connectivity index (χ2n) is 8.84. The van der Waals surface area contributed by atoms with E-state index in [0.29, 0.717) is 18.8 Å². The molecule has 33 heavy (non-hydrogen) atoms. The summed E-state index contributed by atoms with van der Waals surface area (Å²) in [6.07, 6.45) is 0. The summed E-state index contributed by atoms with van der Waals surface area (Å²) < 4.78 is 0. The number of aryl methyl sites for hydroxylation is 3. The van der Waals surface area contributed by atoms with E-state index in [1.165, 1.54) is 5.56 Å². The molecule has 2 heterocycles. The highest BCUT2D eigenvalue weighted by atomic mass is 32.2. The van der Waals surface area contributed by atoms with Gasteiger partial charge < -0.3 is 10.2 Å². The number of hydrogen-bond acceptors (Lipinski definition) is 3. The molecule has 5 nitrogen and oxygen atoms in total. The molecule has 1 spiro atoms. The van der Waals surface area contributed by atoms with Crippen LogP contribution in [0.3, 0.4) is 0 Å². The molecule has 6 heteroatoms. The van der Waals surface area contributed by atoms with Gasteiger partial charge >= 0.3 is 6.03 Å². The second-order valence-corrected chi connectivity index (χ2v) is 10.1. The van der Waals surface area contributed by atoms with Crippen molar-refractivity contribution in [3.8, 4) is 0 Å². The van der Waals surface area contributed by atoms with Gasteiger partial charge in [-0.1, -0.05) is 59.7 Å². The maximum absolute atomic E-state index is 14.1. The van der Waals surface area contributed by atoms with Crippen LogP contribution in [0.25, 0.3) is 0 Å². The molecule has 3 aromatic carbocycles. The average molecular weight is 458 g/mol. The number of nitrogens with zero attached hydrogens (tertiary/aromatic N) is 2. The number of carbonyl (C=O) groups excluding carboxylic acids is 2. The van der Waals surface area contributed by atoms with Gasteiger partial charge in [-0.05, 0) is 50.1 Å². The Hall–Kier alpha value is -3.25. The third kappa shape index (κ3) is 3.68. The predicted molar refractivity (Wildman–Crippen MR) is 135 cm³/mol. The van der Waals surface area contributed by atoms with Gasteiger partial charge in [-0.25, -0.2) is 4.79 Å². The smallest absolute Gasteiger partial charge is 0.308 e. The fraction of sp³-hybridized carbons (Fsp3) is 0.259. The minimum atomic E-state index is -1.04. The summed E-state index contributed by atoms with van der Waals surface area (Å²) in [5.74, 6) is 0.657. The zero-order chi connectivity index (χ0) is 23.2. The van der Waals surface area contributed by atoms with E-state index < -0.39 is 4.87 Å². The maximum Gasteiger partial charge on any atom is 0.323 e. The van der Waals surface area contributed by atoms with Crippen LogP contribution in [-0.4, -0.2) is 29.1 Å². The van der Waals surface area contributed by atoms with Crippen LogP contribution >= 0.6 is 11.8 Å². The van der Waals surface area contributed by atoms with Crippen LogP contribution in [0.1, 0.15) is 27.8 Å². The summed E-state index contributed by atoms with van der Waals surface area (Å²) in [5, 5.41) is 3.02. The third-order valence-electron chi connectivity index (χ3n) is 6.32. The fourth-order valence-electron chi connectivity index (χ4n) is 4.68. The molecular formula is C27H27N3O2S. The molecule has 3 aromatic rings. The topological polar surface area (TPSA) is 52.7 Å². The second kappa shape index (κ2) is 8.27. The molecule has 3 amide bonds. The van der Waals surface area contributed by atoms with Crippen LogP contribution in [-0.2, 0) is 16.2 Å². The lowest BCUT2D eigenvalue weighted by Gasteiger charge is -2.33. The fourth-order valence-corrected chi connectivity index (χ4v) is 6.13. The Labute approximate surface area is 198 Å². The van der Waals surface area contributed by atoms with Gasteiger partial charge in [0.05, 0.1) is 12.2 Å². The molecule has 2 aliphatic heterocycles. The van der Waals surface area contributed by atoms with Crippen LogP contribution in [0.2, 0.25) is 0 Å². The van der Waals surface area contributed by atoms with Gasteiger partial charge in [-0.2, -0.15) is 0 Å². The number of rotatable bonds is 3. The Bertz CT molecular complexity index is 1240. The van der Waals surface area contributed by atoms with Crippen molar-refractivity contribution in [2.24, 2.45) is 0 Å². The maximum atomic E-state index is 14.1. The first-order valence-corrected chi connectivity index (χ1v) is 12.1. The first-order valence-electron chi connectivity index (χ1n) is 11.2. The molecule has 0 radical (unpaired) electrons. The lowest BCUT2D eigenvalue weighted by atomic mass is 10.0. The van der Waals surface area contributed by atoms with Gasteiger partial charge in [-0.3, -0.25) is 9.69 Å². The largest absolute Gasteiger partial charge is 0.323 e. The molecule has 0 unspecified atom stereocenters. The van der Waals surface area contributed by atoms with Gasteiger partial charge in [0, 0.05) is 23.5 Å². The van der Waals surface area contributed by atoms with Crippen LogP contribution in [0, 0.1) is 20.8 Å². The Morgan fingerprint density at radius 2 is 1.70 bits per heavy atom. The molecule has 0 aromatic heterocycles. The van der Waals surface area contributed by atoms with Crippen molar-refractivity contribution in [1.29, 1.82) is 0 Å². The number of thioether (sulfide) groups is 1. The molecule has 0 aliphatic carbocycles. The van der Waals surface area contributed by atoms with Gasteiger partial charge in [-0.15, -0.1) is 11.8 Å². The van der Waals surface area contributed by atoms with Gasteiger partial charge in [0.2, 0.25) is 0 Å². The number of carbonyl (C=O) groups is 2. The van der Waals surface area contributed by atoms with Gasteiger partial charge in [0.15, 0.2) is 4.87 Å².